The van der Waals surface area contributed by atoms with Crippen LogP contribution < -0.4 is 0 Å². The molecular weight excluding hydrogens is 318 g/mol. The van der Waals surface area contributed by atoms with Crippen molar-refractivity contribution < 1.29 is 19.1 Å². The van der Waals surface area contributed by atoms with Crippen LogP contribution in [0.25, 0.3) is 0 Å². The maximum atomic E-state index is 12.9. The highest BCUT2D eigenvalue weighted by Crippen LogP contribution is 2.48. The minimum atomic E-state index is -1.41. The lowest BCUT2D eigenvalue weighted by atomic mass is 9.65. The van der Waals surface area contributed by atoms with E-state index in [9.17, 15) is 14.9 Å². The van der Waals surface area contributed by atoms with Crippen molar-refractivity contribution in [1.82, 2.24) is 0 Å². The standard InChI is InChI=1S/C20H33NO4/c1-4-7-8-9-14-17(18(22)24-5-2)20(15-21,19(23)25-6-3)16-12-10-11-13-16/h16-17H,4-14H2,1-3H3. The average Bonchev–Trinajstić information content (AvgIpc) is 3.13. The molecule has 0 aliphatic heterocycles. The van der Waals surface area contributed by atoms with Crippen molar-refractivity contribution >= 4 is 11.9 Å². The predicted molar refractivity (Wildman–Crippen MR) is 95.5 cm³/mol. The Labute approximate surface area is 152 Å². The van der Waals surface area contributed by atoms with Gasteiger partial charge in [0.2, 0.25) is 0 Å². The molecule has 0 heterocycles. The molecule has 0 N–H and O–H groups in total. The number of hydrogen-bond acceptors (Lipinski definition) is 5. The first-order chi connectivity index (χ1) is 12.1. The van der Waals surface area contributed by atoms with Crippen molar-refractivity contribution in [2.75, 3.05) is 13.2 Å². The first-order valence-corrected chi connectivity index (χ1v) is 9.83. The fraction of sp³-hybridized carbons (Fsp3) is 0.850. The molecule has 0 aromatic heterocycles. The number of esters is 2. The summed E-state index contributed by atoms with van der Waals surface area (Å²) in [6.07, 6.45) is 8.02. The van der Waals surface area contributed by atoms with Crippen molar-refractivity contribution in [3.05, 3.63) is 0 Å². The number of unbranched alkanes of at least 4 members (excludes halogenated alkanes) is 3. The Morgan fingerprint density at radius 2 is 1.72 bits per heavy atom. The first kappa shape index (κ1) is 21.5. The molecule has 0 radical (unpaired) electrons. The van der Waals surface area contributed by atoms with Gasteiger partial charge in [-0.15, -0.1) is 0 Å². The molecule has 0 spiro atoms. The van der Waals surface area contributed by atoms with Crippen molar-refractivity contribution in [3.8, 4) is 6.07 Å². The third-order valence-electron chi connectivity index (χ3n) is 5.26. The second-order valence-electron chi connectivity index (χ2n) is 6.84. The summed E-state index contributed by atoms with van der Waals surface area (Å²) >= 11 is 0. The highest BCUT2D eigenvalue weighted by molar-refractivity contribution is 5.88. The summed E-state index contributed by atoms with van der Waals surface area (Å²) < 4.78 is 10.5. The summed E-state index contributed by atoms with van der Waals surface area (Å²) in [5.74, 6) is -1.84. The van der Waals surface area contributed by atoms with Gasteiger partial charge in [-0.3, -0.25) is 9.59 Å². The van der Waals surface area contributed by atoms with Crippen LogP contribution in [0.1, 0.15) is 78.6 Å². The number of carbonyl (C=O) groups excluding carboxylic acids is 2. The molecule has 5 nitrogen and oxygen atoms in total. The molecule has 0 amide bonds. The quantitative estimate of drug-likeness (QED) is 0.407. The van der Waals surface area contributed by atoms with Gasteiger partial charge < -0.3 is 9.47 Å². The molecule has 2 atom stereocenters. The number of nitrogens with zero attached hydrogens (tertiary/aromatic N) is 1. The van der Waals surface area contributed by atoms with Gasteiger partial charge in [0, 0.05) is 0 Å². The topological polar surface area (TPSA) is 76.4 Å². The summed E-state index contributed by atoms with van der Waals surface area (Å²) in [7, 11) is 0. The van der Waals surface area contributed by atoms with Gasteiger partial charge in [-0.2, -0.15) is 5.26 Å². The van der Waals surface area contributed by atoms with Gasteiger partial charge in [0.05, 0.1) is 25.2 Å². The Morgan fingerprint density at radius 3 is 2.24 bits per heavy atom. The Balaban J connectivity index is 3.17. The fourth-order valence-corrected chi connectivity index (χ4v) is 3.99. The van der Waals surface area contributed by atoms with Gasteiger partial charge in [0.25, 0.3) is 0 Å². The van der Waals surface area contributed by atoms with Crippen LogP contribution in [0.4, 0.5) is 0 Å². The zero-order chi connectivity index (χ0) is 18.7. The van der Waals surface area contributed by atoms with Gasteiger partial charge in [0.1, 0.15) is 0 Å². The molecule has 1 aliphatic rings. The Bertz CT molecular complexity index is 465. The van der Waals surface area contributed by atoms with Crippen molar-refractivity contribution in [3.63, 3.8) is 0 Å². The van der Waals surface area contributed by atoms with Gasteiger partial charge in [-0.25, -0.2) is 0 Å². The molecule has 2 unspecified atom stereocenters. The van der Waals surface area contributed by atoms with Crippen LogP contribution in [0.5, 0.6) is 0 Å². The molecule has 0 bridgehead atoms. The zero-order valence-electron chi connectivity index (χ0n) is 16.0. The molecular formula is C20H33NO4. The van der Waals surface area contributed by atoms with Crippen LogP contribution in [0.2, 0.25) is 0 Å². The summed E-state index contributed by atoms with van der Waals surface area (Å²) in [6, 6.07) is 2.25. The van der Waals surface area contributed by atoms with Crippen LogP contribution in [0.3, 0.4) is 0 Å². The van der Waals surface area contributed by atoms with Crippen molar-refractivity contribution in [2.24, 2.45) is 17.3 Å². The third kappa shape index (κ3) is 5.20. The van der Waals surface area contributed by atoms with Crippen molar-refractivity contribution in [1.29, 1.82) is 5.26 Å². The van der Waals surface area contributed by atoms with Gasteiger partial charge in [-0.05, 0) is 39.0 Å². The number of carbonyl (C=O) groups is 2. The normalized spacial score (nSPS) is 18.2. The molecule has 1 aliphatic carbocycles. The highest BCUT2D eigenvalue weighted by Gasteiger charge is 2.57. The monoisotopic (exact) mass is 351 g/mol. The van der Waals surface area contributed by atoms with E-state index in [0.29, 0.717) is 6.42 Å². The summed E-state index contributed by atoms with van der Waals surface area (Å²) in [5, 5.41) is 10.1. The van der Waals surface area contributed by atoms with Crippen molar-refractivity contribution in [2.45, 2.75) is 78.6 Å². The molecule has 1 fully saturated rings. The molecule has 5 heteroatoms. The molecule has 142 valence electrons. The van der Waals surface area contributed by atoms with Crippen LogP contribution in [0.15, 0.2) is 0 Å². The Morgan fingerprint density at radius 1 is 1.08 bits per heavy atom. The summed E-state index contributed by atoms with van der Waals surface area (Å²) in [5.41, 5.74) is -1.41. The van der Waals surface area contributed by atoms with E-state index in [4.69, 9.17) is 9.47 Å². The zero-order valence-corrected chi connectivity index (χ0v) is 16.0. The number of nitriles is 1. The second kappa shape index (κ2) is 11.1. The molecule has 1 saturated carbocycles. The lowest BCUT2D eigenvalue weighted by Crippen LogP contribution is -2.48. The van der Waals surface area contributed by atoms with Gasteiger partial charge in [-0.1, -0.05) is 45.4 Å². The van der Waals surface area contributed by atoms with E-state index < -0.39 is 23.3 Å². The van der Waals surface area contributed by atoms with E-state index >= 15 is 0 Å². The van der Waals surface area contributed by atoms with Crippen LogP contribution in [-0.4, -0.2) is 25.2 Å². The average molecular weight is 351 g/mol. The lowest BCUT2D eigenvalue weighted by molar-refractivity contribution is -0.169. The second-order valence-corrected chi connectivity index (χ2v) is 6.84. The number of ether oxygens (including phenoxy) is 2. The van der Waals surface area contributed by atoms with E-state index in [2.05, 4.69) is 13.0 Å². The SMILES string of the molecule is CCCCCCC(C(=O)OCC)C(C#N)(C(=O)OCC)C1CCCC1. The molecule has 0 aromatic carbocycles. The van der Waals surface area contributed by atoms with Gasteiger partial charge in [0.15, 0.2) is 5.41 Å². The van der Waals surface area contributed by atoms with Gasteiger partial charge >= 0.3 is 11.9 Å². The minimum absolute atomic E-state index is 0.128. The fourth-order valence-electron chi connectivity index (χ4n) is 3.99. The smallest absolute Gasteiger partial charge is 0.327 e. The first-order valence-electron chi connectivity index (χ1n) is 9.83. The maximum absolute atomic E-state index is 12.9. The lowest BCUT2D eigenvalue weighted by Gasteiger charge is -2.36. The molecule has 1 rings (SSSR count). The maximum Gasteiger partial charge on any atom is 0.327 e. The minimum Gasteiger partial charge on any atom is -0.466 e. The summed E-state index contributed by atoms with van der Waals surface area (Å²) in [4.78, 5) is 25.6. The summed E-state index contributed by atoms with van der Waals surface area (Å²) in [6.45, 7) is 6.06. The van der Waals surface area contributed by atoms with E-state index in [1.807, 2.05) is 0 Å². The Hall–Kier alpha value is -1.57. The Kier molecular flexibility index (Phi) is 9.55. The molecule has 25 heavy (non-hydrogen) atoms. The highest BCUT2D eigenvalue weighted by atomic mass is 16.5. The third-order valence-corrected chi connectivity index (χ3v) is 5.26. The van der Waals surface area contributed by atoms with E-state index in [1.165, 1.54) is 0 Å². The van der Waals surface area contributed by atoms with Crippen LogP contribution in [-0.2, 0) is 19.1 Å². The predicted octanol–water partition coefficient (Wildman–Crippen LogP) is 4.40. The number of rotatable bonds is 11. The van der Waals surface area contributed by atoms with E-state index in [1.54, 1.807) is 13.8 Å². The molecule has 0 aromatic rings. The number of hydrogen-bond donors (Lipinski definition) is 0. The van der Waals surface area contributed by atoms with E-state index in [0.717, 1.165) is 51.4 Å². The van der Waals surface area contributed by atoms with Crippen LogP contribution >= 0.6 is 0 Å². The molecule has 0 saturated heterocycles. The van der Waals surface area contributed by atoms with Crippen LogP contribution in [0, 0.1) is 28.6 Å². The largest absolute Gasteiger partial charge is 0.466 e. The van der Waals surface area contributed by atoms with E-state index in [-0.39, 0.29) is 19.1 Å².